The number of aliphatic hydroxyl groups excluding tert-OH is 1. The van der Waals surface area contributed by atoms with E-state index in [-0.39, 0.29) is 13.0 Å². The van der Waals surface area contributed by atoms with Crippen molar-refractivity contribution in [1.29, 1.82) is 0 Å². The van der Waals surface area contributed by atoms with Gasteiger partial charge in [0.25, 0.3) is 5.91 Å². The molecule has 1 atom stereocenters. The first-order valence-electron chi connectivity index (χ1n) is 6.50. The molecule has 6 nitrogen and oxygen atoms in total. The van der Waals surface area contributed by atoms with E-state index in [4.69, 9.17) is 10.2 Å². The maximum absolute atomic E-state index is 12.1. The first-order valence-corrected chi connectivity index (χ1v) is 6.50. The highest BCUT2D eigenvalue weighted by Crippen LogP contribution is 2.11. The molecule has 1 heterocycles. The molecular formula is C15H16N2O4. The molecule has 0 unspecified atom stereocenters. The Bertz CT molecular complexity index is 622. The van der Waals surface area contributed by atoms with Crippen LogP contribution in [0.1, 0.15) is 16.8 Å². The van der Waals surface area contributed by atoms with Crippen LogP contribution in [0.2, 0.25) is 0 Å². The number of carbonyl (C=O) groups is 2. The highest BCUT2D eigenvalue weighted by Gasteiger charge is 2.20. The third-order valence-corrected chi connectivity index (χ3v) is 3.03. The predicted molar refractivity (Wildman–Crippen MR) is 76.4 cm³/mol. The van der Waals surface area contributed by atoms with Gasteiger partial charge in [-0.05, 0) is 30.3 Å². The second kappa shape index (κ2) is 6.71. The summed E-state index contributed by atoms with van der Waals surface area (Å²) >= 11 is 0. The summed E-state index contributed by atoms with van der Waals surface area (Å²) in [7, 11) is 0. The smallest absolute Gasteiger partial charge is 0.326 e. The Balaban J connectivity index is 2.16. The van der Waals surface area contributed by atoms with Gasteiger partial charge in [-0.15, -0.1) is 0 Å². The van der Waals surface area contributed by atoms with E-state index in [1.165, 1.54) is 0 Å². The van der Waals surface area contributed by atoms with Crippen LogP contribution in [0.3, 0.4) is 0 Å². The maximum Gasteiger partial charge on any atom is 0.326 e. The number of aliphatic hydroxyl groups is 1. The fraction of sp³-hybridized carbons (Fsp3) is 0.200. The number of hydrogen-bond acceptors (Lipinski definition) is 3. The van der Waals surface area contributed by atoms with Gasteiger partial charge in [0.05, 0.1) is 0 Å². The van der Waals surface area contributed by atoms with Gasteiger partial charge in [-0.25, -0.2) is 4.79 Å². The largest absolute Gasteiger partial charge is 0.480 e. The van der Waals surface area contributed by atoms with Gasteiger partial charge in [0.2, 0.25) is 0 Å². The van der Waals surface area contributed by atoms with Crippen LogP contribution < -0.4 is 5.32 Å². The van der Waals surface area contributed by atoms with Crippen molar-refractivity contribution < 1.29 is 19.8 Å². The third kappa shape index (κ3) is 3.70. The monoisotopic (exact) mass is 288 g/mol. The molecule has 0 aliphatic carbocycles. The molecular weight excluding hydrogens is 272 g/mol. The van der Waals surface area contributed by atoms with Crippen LogP contribution in [0.5, 0.6) is 0 Å². The molecule has 1 aromatic heterocycles. The summed E-state index contributed by atoms with van der Waals surface area (Å²) < 4.78 is 1.85. The molecule has 0 spiro atoms. The second-order valence-electron chi connectivity index (χ2n) is 4.52. The van der Waals surface area contributed by atoms with Crippen LogP contribution in [0, 0.1) is 0 Å². The van der Waals surface area contributed by atoms with Crippen molar-refractivity contribution in [2.75, 3.05) is 6.61 Å². The average Bonchev–Trinajstić information content (AvgIpc) is 3.01. The molecule has 1 amide bonds. The van der Waals surface area contributed by atoms with Gasteiger partial charge >= 0.3 is 5.97 Å². The summed E-state index contributed by atoms with van der Waals surface area (Å²) in [6.45, 7) is -0.305. The molecule has 6 heteroatoms. The van der Waals surface area contributed by atoms with E-state index < -0.39 is 17.9 Å². The molecule has 0 fully saturated rings. The van der Waals surface area contributed by atoms with E-state index in [0.717, 1.165) is 5.69 Å². The summed E-state index contributed by atoms with van der Waals surface area (Å²) in [4.78, 5) is 23.1. The number of aromatic nitrogens is 1. The van der Waals surface area contributed by atoms with Gasteiger partial charge in [-0.2, -0.15) is 0 Å². The summed E-state index contributed by atoms with van der Waals surface area (Å²) in [5, 5.41) is 20.2. The Labute approximate surface area is 121 Å². The SMILES string of the molecule is O=C(N[C@@H](CCO)C(=O)O)c1cccc(-n2cccc2)c1. The van der Waals surface area contributed by atoms with Crippen LogP contribution in [-0.2, 0) is 4.79 Å². The zero-order valence-electron chi connectivity index (χ0n) is 11.3. The molecule has 0 saturated carbocycles. The first-order chi connectivity index (χ1) is 10.1. The Morgan fingerprint density at radius 2 is 1.90 bits per heavy atom. The first kappa shape index (κ1) is 14.8. The van der Waals surface area contributed by atoms with Crippen LogP contribution in [0.4, 0.5) is 0 Å². The molecule has 0 radical (unpaired) electrons. The Morgan fingerprint density at radius 3 is 2.52 bits per heavy atom. The minimum Gasteiger partial charge on any atom is -0.480 e. The number of amides is 1. The van der Waals surface area contributed by atoms with Crippen molar-refractivity contribution in [1.82, 2.24) is 9.88 Å². The van der Waals surface area contributed by atoms with Crippen molar-refractivity contribution in [2.24, 2.45) is 0 Å². The number of carbonyl (C=O) groups excluding carboxylic acids is 1. The predicted octanol–water partition coefficient (Wildman–Crippen LogP) is 1.04. The molecule has 2 aromatic rings. The molecule has 0 saturated heterocycles. The summed E-state index contributed by atoms with van der Waals surface area (Å²) in [5.41, 5.74) is 1.17. The Morgan fingerprint density at radius 1 is 1.19 bits per heavy atom. The highest BCUT2D eigenvalue weighted by atomic mass is 16.4. The standard InChI is InChI=1S/C15H16N2O4/c18-9-6-13(15(20)21)16-14(19)11-4-3-5-12(10-11)17-7-1-2-8-17/h1-5,7-8,10,13,18H,6,9H2,(H,16,19)(H,20,21)/t13-/m0/s1. The lowest BCUT2D eigenvalue weighted by Gasteiger charge is -2.13. The summed E-state index contributed by atoms with van der Waals surface area (Å²) in [5.74, 6) is -1.65. The van der Waals surface area contributed by atoms with Crippen molar-refractivity contribution in [3.63, 3.8) is 0 Å². The minimum absolute atomic E-state index is 0.0294. The highest BCUT2D eigenvalue weighted by molar-refractivity contribution is 5.97. The zero-order valence-corrected chi connectivity index (χ0v) is 11.3. The van der Waals surface area contributed by atoms with Gasteiger partial charge in [0.15, 0.2) is 0 Å². The molecule has 110 valence electrons. The fourth-order valence-electron chi connectivity index (χ4n) is 1.94. The van der Waals surface area contributed by atoms with E-state index in [2.05, 4.69) is 5.32 Å². The van der Waals surface area contributed by atoms with Crippen molar-refractivity contribution in [3.05, 3.63) is 54.4 Å². The van der Waals surface area contributed by atoms with E-state index in [1.807, 2.05) is 35.2 Å². The van der Waals surface area contributed by atoms with Gasteiger partial charge in [0.1, 0.15) is 6.04 Å². The number of aliphatic carboxylic acids is 1. The molecule has 0 aliphatic heterocycles. The summed E-state index contributed by atoms with van der Waals surface area (Å²) in [6.07, 6.45) is 3.67. The van der Waals surface area contributed by atoms with E-state index in [0.29, 0.717) is 5.56 Å². The van der Waals surface area contributed by atoms with Crippen molar-refractivity contribution in [3.8, 4) is 5.69 Å². The lowest BCUT2D eigenvalue weighted by molar-refractivity contribution is -0.139. The van der Waals surface area contributed by atoms with Crippen LogP contribution in [0.15, 0.2) is 48.8 Å². The van der Waals surface area contributed by atoms with Crippen LogP contribution in [-0.4, -0.2) is 39.3 Å². The topological polar surface area (TPSA) is 91.6 Å². The minimum atomic E-state index is -1.17. The Hall–Kier alpha value is -2.60. The number of benzene rings is 1. The number of carboxylic acids is 1. The molecule has 3 N–H and O–H groups in total. The average molecular weight is 288 g/mol. The lowest BCUT2D eigenvalue weighted by atomic mass is 10.1. The number of nitrogens with one attached hydrogen (secondary N) is 1. The van der Waals surface area contributed by atoms with E-state index in [1.54, 1.807) is 18.2 Å². The normalized spacial score (nSPS) is 11.9. The zero-order chi connectivity index (χ0) is 15.2. The van der Waals surface area contributed by atoms with Crippen LogP contribution in [0.25, 0.3) is 5.69 Å². The Kier molecular flexibility index (Phi) is 4.73. The number of rotatable bonds is 6. The van der Waals surface area contributed by atoms with E-state index >= 15 is 0 Å². The number of carboxylic acid groups (broad SMARTS) is 1. The molecule has 1 aromatic carbocycles. The van der Waals surface area contributed by atoms with E-state index in [9.17, 15) is 9.59 Å². The molecule has 0 bridgehead atoms. The van der Waals surface area contributed by atoms with Crippen LogP contribution >= 0.6 is 0 Å². The number of hydrogen-bond donors (Lipinski definition) is 3. The fourth-order valence-corrected chi connectivity index (χ4v) is 1.94. The molecule has 21 heavy (non-hydrogen) atoms. The maximum atomic E-state index is 12.1. The van der Waals surface area contributed by atoms with Gasteiger partial charge in [-0.1, -0.05) is 6.07 Å². The second-order valence-corrected chi connectivity index (χ2v) is 4.52. The number of nitrogens with zero attached hydrogens (tertiary/aromatic N) is 1. The quantitative estimate of drug-likeness (QED) is 0.740. The van der Waals surface area contributed by atoms with Crippen molar-refractivity contribution in [2.45, 2.75) is 12.5 Å². The van der Waals surface area contributed by atoms with Gasteiger partial charge < -0.3 is 20.1 Å². The lowest BCUT2D eigenvalue weighted by Crippen LogP contribution is -2.41. The van der Waals surface area contributed by atoms with Gasteiger partial charge in [0, 0.05) is 36.7 Å². The van der Waals surface area contributed by atoms with Gasteiger partial charge in [-0.3, -0.25) is 4.79 Å². The molecule has 0 aliphatic rings. The third-order valence-electron chi connectivity index (χ3n) is 3.03. The molecule has 2 rings (SSSR count). The summed E-state index contributed by atoms with van der Waals surface area (Å²) in [6, 6.07) is 9.50. The van der Waals surface area contributed by atoms with Crippen molar-refractivity contribution >= 4 is 11.9 Å².